The maximum atomic E-state index is 12.3. The van der Waals surface area contributed by atoms with Gasteiger partial charge in [-0.3, -0.25) is 14.9 Å². The second-order valence-corrected chi connectivity index (χ2v) is 5.50. The lowest BCUT2D eigenvalue weighted by molar-refractivity contribution is -0.122. The van der Waals surface area contributed by atoms with Crippen LogP contribution >= 0.6 is 0 Å². The van der Waals surface area contributed by atoms with Gasteiger partial charge in [0.05, 0.1) is 12.4 Å². The van der Waals surface area contributed by atoms with E-state index in [1.165, 1.54) is 4.90 Å². The molecule has 1 atom stereocenters. The number of hydrogen-bond acceptors (Lipinski definition) is 4. The van der Waals surface area contributed by atoms with Crippen molar-refractivity contribution in [2.24, 2.45) is 0 Å². The molecule has 24 heavy (non-hydrogen) atoms. The summed E-state index contributed by atoms with van der Waals surface area (Å²) in [5, 5.41) is 5.06. The monoisotopic (exact) mass is 327 g/mol. The van der Waals surface area contributed by atoms with Crippen LogP contribution in [0.5, 0.6) is 0 Å². The zero-order valence-electron chi connectivity index (χ0n) is 12.9. The number of aromatic nitrogens is 2. The summed E-state index contributed by atoms with van der Waals surface area (Å²) in [5.41, 5.74) is 0.946. The fourth-order valence-electron chi connectivity index (χ4n) is 2.55. The zero-order valence-corrected chi connectivity index (χ0v) is 12.9. The summed E-state index contributed by atoms with van der Waals surface area (Å²) < 4.78 is 1.87. The molecule has 0 bridgehead atoms. The van der Waals surface area contributed by atoms with Crippen molar-refractivity contribution in [3.63, 3.8) is 0 Å². The Bertz CT molecular complexity index is 729. The summed E-state index contributed by atoms with van der Waals surface area (Å²) in [6.45, 7) is 0.259. The Morgan fingerprint density at radius 3 is 2.71 bits per heavy atom. The number of benzene rings is 1. The van der Waals surface area contributed by atoms with E-state index in [4.69, 9.17) is 0 Å². The Balaban J connectivity index is 1.68. The van der Waals surface area contributed by atoms with Crippen molar-refractivity contribution >= 4 is 17.8 Å². The normalized spacial score (nSPS) is 15.2. The van der Waals surface area contributed by atoms with Gasteiger partial charge in [0.1, 0.15) is 13.1 Å². The van der Waals surface area contributed by atoms with Crippen molar-refractivity contribution in [3.05, 3.63) is 54.6 Å². The smallest absolute Gasteiger partial charge is 0.325 e. The van der Waals surface area contributed by atoms with Gasteiger partial charge in [0.25, 0.3) is 0 Å². The first-order chi connectivity index (χ1) is 11.6. The van der Waals surface area contributed by atoms with Gasteiger partial charge in [-0.15, -0.1) is 0 Å². The number of carbonyl (C=O) groups excluding carboxylic acids is 3. The molecule has 0 unspecified atom stereocenters. The summed E-state index contributed by atoms with van der Waals surface area (Å²) in [6.07, 6.45) is 5.16. The number of urea groups is 1. The minimum absolute atomic E-state index is 0.0935. The van der Waals surface area contributed by atoms with Crippen molar-refractivity contribution in [2.45, 2.75) is 12.6 Å². The first kappa shape index (κ1) is 15.7. The third-order valence-electron chi connectivity index (χ3n) is 3.69. The Labute approximate surface area is 138 Å². The first-order valence-electron chi connectivity index (χ1n) is 7.50. The van der Waals surface area contributed by atoms with Crippen LogP contribution < -0.4 is 10.6 Å². The fourth-order valence-corrected chi connectivity index (χ4v) is 2.55. The summed E-state index contributed by atoms with van der Waals surface area (Å²) in [5.74, 6) is -0.723. The molecular formula is C16H17N5O3. The highest BCUT2D eigenvalue weighted by Gasteiger charge is 2.28. The lowest BCUT2D eigenvalue weighted by Gasteiger charge is -2.21. The molecule has 1 aliphatic heterocycles. The molecule has 0 radical (unpaired) electrons. The van der Waals surface area contributed by atoms with E-state index in [1.54, 1.807) is 12.5 Å². The molecule has 1 fully saturated rings. The van der Waals surface area contributed by atoms with Crippen LogP contribution in [0, 0.1) is 0 Å². The summed E-state index contributed by atoms with van der Waals surface area (Å²) in [7, 11) is 0. The van der Waals surface area contributed by atoms with Crippen LogP contribution in [0.2, 0.25) is 0 Å². The average molecular weight is 327 g/mol. The first-order valence-corrected chi connectivity index (χ1v) is 7.50. The predicted octanol–water partition coefficient (Wildman–Crippen LogP) is 0.292. The molecule has 1 aromatic carbocycles. The largest absolute Gasteiger partial charge is 0.346 e. The zero-order chi connectivity index (χ0) is 16.9. The molecule has 8 heteroatoms. The number of imidazole rings is 1. The Hall–Kier alpha value is -3.16. The molecule has 0 aliphatic carbocycles. The van der Waals surface area contributed by atoms with Gasteiger partial charge in [-0.1, -0.05) is 30.3 Å². The van der Waals surface area contributed by atoms with E-state index in [0.717, 1.165) is 5.56 Å². The van der Waals surface area contributed by atoms with Gasteiger partial charge in [0, 0.05) is 18.9 Å². The molecule has 0 spiro atoms. The number of carbonyl (C=O) groups is 3. The van der Waals surface area contributed by atoms with Crippen LogP contribution in [0.1, 0.15) is 11.6 Å². The number of rotatable bonds is 6. The number of amides is 4. The molecule has 8 nitrogen and oxygen atoms in total. The maximum Gasteiger partial charge on any atom is 0.325 e. The Kier molecular flexibility index (Phi) is 4.55. The SMILES string of the molecule is O=C1CN(CC(=O)N[C@@H](Cn2ccnc2)c2ccccc2)C(=O)N1. The lowest BCUT2D eigenvalue weighted by atomic mass is 10.1. The summed E-state index contributed by atoms with van der Waals surface area (Å²) >= 11 is 0. The molecule has 1 aromatic heterocycles. The van der Waals surface area contributed by atoms with Gasteiger partial charge >= 0.3 is 6.03 Å². The molecular weight excluding hydrogens is 310 g/mol. The number of nitrogens with zero attached hydrogens (tertiary/aromatic N) is 3. The Morgan fingerprint density at radius 2 is 2.08 bits per heavy atom. The van der Waals surface area contributed by atoms with Crippen molar-refractivity contribution < 1.29 is 14.4 Å². The fraction of sp³-hybridized carbons (Fsp3) is 0.250. The van der Waals surface area contributed by atoms with Crippen LogP contribution in [0.3, 0.4) is 0 Å². The average Bonchev–Trinajstić information content (AvgIpc) is 3.17. The van der Waals surface area contributed by atoms with Crippen LogP contribution in [0.15, 0.2) is 49.1 Å². The van der Waals surface area contributed by atoms with Crippen molar-refractivity contribution in [1.82, 2.24) is 25.1 Å². The second kappa shape index (κ2) is 6.95. The minimum atomic E-state index is -0.541. The highest BCUT2D eigenvalue weighted by molar-refractivity contribution is 6.03. The number of nitrogens with one attached hydrogen (secondary N) is 2. The standard InChI is InChI=1S/C16H17N5O3/c22-14(9-21-10-15(23)19-16(21)24)18-13(8-20-7-6-17-11-20)12-4-2-1-3-5-12/h1-7,11,13H,8-10H2,(H,18,22)(H,19,23,24)/t13-/m0/s1. The van der Waals surface area contributed by atoms with Crippen LogP contribution in [0.4, 0.5) is 4.79 Å². The van der Waals surface area contributed by atoms with Crippen LogP contribution in [-0.2, 0) is 16.1 Å². The number of imide groups is 1. The Morgan fingerprint density at radius 1 is 1.29 bits per heavy atom. The van der Waals surface area contributed by atoms with E-state index >= 15 is 0 Å². The van der Waals surface area contributed by atoms with Gasteiger partial charge in [0.15, 0.2) is 0 Å². The van der Waals surface area contributed by atoms with Crippen molar-refractivity contribution in [2.75, 3.05) is 13.1 Å². The van der Waals surface area contributed by atoms with E-state index in [1.807, 2.05) is 41.1 Å². The van der Waals surface area contributed by atoms with E-state index in [9.17, 15) is 14.4 Å². The molecule has 3 rings (SSSR count). The van der Waals surface area contributed by atoms with Crippen LogP contribution in [0.25, 0.3) is 0 Å². The van der Waals surface area contributed by atoms with E-state index in [0.29, 0.717) is 6.54 Å². The van der Waals surface area contributed by atoms with Gasteiger partial charge in [0.2, 0.25) is 11.8 Å². The molecule has 4 amide bonds. The molecule has 124 valence electrons. The topological polar surface area (TPSA) is 96.3 Å². The maximum absolute atomic E-state index is 12.3. The minimum Gasteiger partial charge on any atom is -0.346 e. The highest BCUT2D eigenvalue weighted by atomic mass is 16.2. The molecule has 0 saturated carbocycles. The second-order valence-electron chi connectivity index (χ2n) is 5.50. The van der Waals surface area contributed by atoms with Gasteiger partial charge < -0.3 is 14.8 Å². The summed E-state index contributed by atoms with van der Waals surface area (Å²) in [4.78, 5) is 40.2. The molecule has 2 N–H and O–H groups in total. The van der Waals surface area contributed by atoms with Crippen molar-refractivity contribution in [3.8, 4) is 0 Å². The van der Waals surface area contributed by atoms with E-state index in [-0.39, 0.29) is 25.0 Å². The predicted molar refractivity (Wildman–Crippen MR) is 84.7 cm³/mol. The molecule has 2 heterocycles. The van der Waals surface area contributed by atoms with Crippen LogP contribution in [-0.4, -0.2) is 45.4 Å². The highest BCUT2D eigenvalue weighted by Crippen LogP contribution is 2.15. The third kappa shape index (κ3) is 3.78. The van der Waals surface area contributed by atoms with E-state index < -0.39 is 11.9 Å². The quantitative estimate of drug-likeness (QED) is 0.746. The lowest BCUT2D eigenvalue weighted by Crippen LogP contribution is -2.41. The van der Waals surface area contributed by atoms with Gasteiger partial charge in [-0.25, -0.2) is 9.78 Å². The molecule has 1 saturated heterocycles. The van der Waals surface area contributed by atoms with Gasteiger partial charge in [-0.05, 0) is 5.56 Å². The molecule has 1 aliphatic rings. The van der Waals surface area contributed by atoms with Gasteiger partial charge in [-0.2, -0.15) is 0 Å². The molecule has 2 aromatic rings. The van der Waals surface area contributed by atoms with Crippen molar-refractivity contribution in [1.29, 1.82) is 0 Å². The third-order valence-corrected chi connectivity index (χ3v) is 3.69. The summed E-state index contributed by atoms with van der Waals surface area (Å²) in [6, 6.07) is 8.74. The number of hydrogen-bond donors (Lipinski definition) is 2. The van der Waals surface area contributed by atoms with E-state index in [2.05, 4.69) is 15.6 Å².